The number of halogens is 2. The highest BCUT2D eigenvalue weighted by Gasteiger charge is 2.09. The number of rotatable bonds is 4. The first-order valence-corrected chi connectivity index (χ1v) is 7.79. The molecule has 132 valence electrons. The topological polar surface area (TPSA) is 99.5 Å². The summed E-state index contributed by atoms with van der Waals surface area (Å²) in [7, 11) is 1.90. The van der Waals surface area contributed by atoms with Crippen LogP contribution in [-0.4, -0.2) is 40.7 Å². The van der Waals surface area contributed by atoms with Crippen molar-refractivity contribution in [1.82, 2.24) is 10.3 Å². The van der Waals surface area contributed by atoms with Crippen LogP contribution >= 0.6 is 23.2 Å². The van der Waals surface area contributed by atoms with Crippen molar-refractivity contribution >= 4 is 40.7 Å². The van der Waals surface area contributed by atoms with Crippen LogP contribution in [0.15, 0.2) is 48.8 Å². The van der Waals surface area contributed by atoms with Crippen LogP contribution in [0.25, 0.3) is 5.57 Å². The molecule has 0 saturated heterocycles. The quantitative estimate of drug-likeness (QED) is 0.702. The monoisotopic (exact) mass is 382 g/mol. The zero-order valence-corrected chi connectivity index (χ0v) is 14.8. The van der Waals surface area contributed by atoms with Crippen LogP contribution in [0, 0.1) is 0 Å². The van der Waals surface area contributed by atoms with Crippen LogP contribution in [0.2, 0.25) is 10.0 Å². The number of carboxylic acid groups (broad SMARTS) is 2. The van der Waals surface area contributed by atoms with E-state index in [1.165, 1.54) is 0 Å². The maximum atomic E-state index is 9.10. The second-order valence-electron chi connectivity index (χ2n) is 4.65. The molecular weight excluding hydrogens is 367 g/mol. The van der Waals surface area contributed by atoms with Crippen LogP contribution in [0.4, 0.5) is 0 Å². The Morgan fingerprint density at radius 1 is 1.20 bits per heavy atom. The summed E-state index contributed by atoms with van der Waals surface area (Å²) in [5.74, 6) is -3.65. The molecule has 0 aliphatic heterocycles. The first-order chi connectivity index (χ1) is 11.9. The third-order valence-corrected chi connectivity index (χ3v) is 3.43. The maximum absolute atomic E-state index is 9.10. The fraction of sp³-hybridized carbons (Fsp3) is 0.118. The number of nitrogens with zero attached hydrogens (tertiary/aromatic N) is 1. The lowest BCUT2D eigenvalue weighted by atomic mass is 9.99. The number of carbonyl (C=O) groups is 2. The molecule has 1 heterocycles. The Balaban J connectivity index is 0.000000450. The van der Waals surface area contributed by atoms with E-state index in [1.807, 2.05) is 37.5 Å². The zero-order chi connectivity index (χ0) is 18.8. The summed E-state index contributed by atoms with van der Waals surface area (Å²) >= 11 is 12.2. The Morgan fingerprint density at radius 3 is 2.36 bits per heavy atom. The van der Waals surface area contributed by atoms with E-state index in [4.69, 9.17) is 43.0 Å². The van der Waals surface area contributed by atoms with Gasteiger partial charge in [0, 0.05) is 40.1 Å². The van der Waals surface area contributed by atoms with E-state index in [1.54, 1.807) is 12.3 Å². The van der Waals surface area contributed by atoms with E-state index < -0.39 is 11.9 Å². The van der Waals surface area contributed by atoms with Gasteiger partial charge in [0.1, 0.15) is 0 Å². The fourth-order valence-corrected chi connectivity index (χ4v) is 2.33. The van der Waals surface area contributed by atoms with Crippen molar-refractivity contribution in [3.63, 3.8) is 0 Å². The second-order valence-corrected chi connectivity index (χ2v) is 5.50. The predicted molar refractivity (Wildman–Crippen MR) is 97.0 cm³/mol. The standard InChI is InChI=1S/C15H14Cl2N2.C2H2O4/c1-18-8-6-13(11-3-2-7-19-10-11)14-5-4-12(16)9-15(14)17;3-1(4)2(5)6/h2-7,9-10,18H,8H2,1H3;(H,3,4)(H,5,6)/b13-6+;. The molecular formula is C17H16Cl2N2O4. The molecule has 2 rings (SSSR count). The van der Waals surface area contributed by atoms with Gasteiger partial charge in [-0.2, -0.15) is 0 Å². The second kappa shape index (κ2) is 10.5. The van der Waals surface area contributed by atoms with Gasteiger partial charge in [0.2, 0.25) is 0 Å². The summed E-state index contributed by atoms with van der Waals surface area (Å²) in [4.78, 5) is 22.4. The average Bonchev–Trinajstić information content (AvgIpc) is 2.58. The summed E-state index contributed by atoms with van der Waals surface area (Å²) in [6.45, 7) is 0.753. The van der Waals surface area contributed by atoms with E-state index in [0.29, 0.717) is 10.0 Å². The van der Waals surface area contributed by atoms with Crippen molar-refractivity contribution in [2.45, 2.75) is 0 Å². The Hall–Kier alpha value is -2.41. The number of aromatic nitrogens is 1. The van der Waals surface area contributed by atoms with E-state index >= 15 is 0 Å². The molecule has 0 spiro atoms. The highest BCUT2D eigenvalue weighted by molar-refractivity contribution is 6.35. The SMILES string of the molecule is CNC/C=C(\c1cccnc1)c1ccc(Cl)cc1Cl.O=C(O)C(=O)O. The number of likely N-dealkylation sites (N-methyl/N-ethyl adjacent to an activating group) is 1. The molecule has 0 bridgehead atoms. The lowest BCUT2D eigenvalue weighted by Crippen LogP contribution is -2.09. The first kappa shape index (κ1) is 20.6. The van der Waals surface area contributed by atoms with Gasteiger partial charge < -0.3 is 15.5 Å². The van der Waals surface area contributed by atoms with Crippen molar-refractivity contribution in [2.24, 2.45) is 0 Å². The van der Waals surface area contributed by atoms with Crippen LogP contribution < -0.4 is 5.32 Å². The van der Waals surface area contributed by atoms with Crippen LogP contribution in [0.5, 0.6) is 0 Å². The van der Waals surface area contributed by atoms with Gasteiger partial charge in [-0.25, -0.2) is 9.59 Å². The molecule has 1 aromatic carbocycles. The molecule has 8 heteroatoms. The molecule has 0 saturated carbocycles. The van der Waals surface area contributed by atoms with Gasteiger partial charge in [-0.3, -0.25) is 4.98 Å². The Kier molecular flexibility index (Phi) is 8.63. The predicted octanol–water partition coefficient (Wildman–Crippen LogP) is 3.20. The Bertz CT molecular complexity index is 752. The summed E-state index contributed by atoms with van der Waals surface area (Å²) < 4.78 is 0. The highest BCUT2D eigenvalue weighted by Crippen LogP contribution is 2.30. The van der Waals surface area contributed by atoms with E-state index in [9.17, 15) is 0 Å². The van der Waals surface area contributed by atoms with Crippen molar-refractivity contribution in [3.8, 4) is 0 Å². The number of hydrogen-bond donors (Lipinski definition) is 3. The fourth-order valence-electron chi connectivity index (χ4n) is 1.82. The minimum atomic E-state index is -1.82. The lowest BCUT2D eigenvalue weighted by Gasteiger charge is -2.10. The van der Waals surface area contributed by atoms with Gasteiger partial charge in [0.15, 0.2) is 0 Å². The normalized spacial score (nSPS) is 10.6. The average molecular weight is 383 g/mol. The van der Waals surface area contributed by atoms with Crippen LogP contribution in [0.3, 0.4) is 0 Å². The van der Waals surface area contributed by atoms with Crippen molar-refractivity contribution in [3.05, 3.63) is 70.0 Å². The summed E-state index contributed by atoms with van der Waals surface area (Å²) in [5, 5.41) is 19.2. The van der Waals surface area contributed by atoms with Gasteiger partial charge in [-0.1, -0.05) is 41.4 Å². The number of carboxylic acids is 2. The largest absolute Gasteiger partial charge is 0.473 e. The van der Waals surface area contributed by atoms with Gasteiger partial charge in [0.25, 0.3) is 0 Å². The molecule has 0 radical (unpaired) electrons. The first-order valence-electron chi connectivity index (χ1n) is 7.03. The number of nitrogens with one attached hydrogen (secondary N) is 1. The molecule has 25 heavy (non-hydrogen) atoms. The van der Waals surface area contributed by atoms with Crippen molar-refractivity contribution in [1.29, 1.82) is 0 Å². The molecule has 3 N–H and O–H groups in total. The summed E-state index contributed by atoms with van der Waals surface area (Å²) in [6.07, 6.45) is 5.67. The summed E-state index contributed by atoms with van der Waals surface area (Å²) in [5.41, 5.74) is 3.03. The highest BCUT2D eigenvalue weighted by atomic mass is 35.5. The zero-order valence-electron chi connectivity index (χ0n) is 13.2. The third kappa shape index (κ3) is 6.93. The minimum absolute atomic E-state index is 0.632. The van der Waals surface area contributed by atoms with Gasteiger partial charge >= 0.3 is 11.9 Å². The molecule has 0 unspecified atom stereocenters. The number of aliphatic carboxylic acids is 2. The molecule has 0 fully saturated rings. The molecule has 0 amide bonds. The number of hydrogen-bond acceptors (Lipinski definition) is 4. The molecule has 0 atom stereocenters. The van der Waals surface area contributed by atoms with E-state index in [0.717, 1.165) is 23.2 Å². The van der Waals surface area contributed by atoms with Crippen LogP contribution in [-0.2, 0) is 9.59 Å². The van der Waals surface area contributed by atoms with Crippen molar-refractivity contribution < 1.29 is 19.8 Å². The number of pyridine rings is 1. The molecule has 0 aliphatic carbocycles. The van der Waals surface area contributed by atoms with Crippen molar-refractivity contribution in [2.75, 3.05) is 13.6 Å². The summed E-state index contributed by atoms with van der Waals surface area (Å²) in [6, 6.07) is 9.44. The van der Waals surface area contributed by atoms with E-state index in [-0.39, 0.29) is 0 Å². The van der Waals surface area contributed by atoms with Gasteiger partial charge in [-0.15, -0.1) is 0 Å². The molecule has 6 nitrogen and oxygen atoms in total. The molecule has 2 aromatic rings. The molecule has 0 aliphatic rings. The smallest absolute Gasteiger partial charge is 0.414 e. The Labute approximate surface area is 154 Å². The number of benzene rings is 1. The Morgan fingerprint density at radius 2 is 1.88 bits per heavy atom. The maximum Gasteiger partial charge on any atom is 0.414 e. The minimum Gasteiger partial charge on any atom is -0.473 e. The molecule has 1 aromatic heterocycles. The van der Waals surface area contributed by atoms with Crippen LogP contribution in [0.1, 0.15) is 11.1 Å². The van der Waals surface area contributed by atoms with E-state index in [2.05, 4.69) is 16.4 Å². The lowest BCUT2D eigenvalue weighted by molar-refractivity contribution is -0.159. The van der Waals surface area contributed by atoms with Gasteiger partial charge in [-0.05, 0) is 30.8 Å². The third-order valence-electron chi connectivity index (χ3n) is 2.89. The van der Waals surface area contributed by atoms with Gasteiger partial charge in [0.05, 0.1) is 0 Å².